The van der Waals surface area contributed by atoms with Crippen molar-refractivity contribution in [3.05, 3.63) is 60.5 Å². The van der Waals surface area contributed by atoms with Crippen LogP contribution in [0.2, 0.25) is 0 Å². The highest BCUT2D eigenvalue weighted by Crippen LogP contribution is 2.29. The van der Waals surface area contributed by atoms with Crippen LogP contribution < -0.4 is 9.46 Å². The molecule has 0 amide bonds. The van der Waals surface area contributed by atoms with Gasteiger partial charge in [-0.05, 0) is 42.5 Å². The molecule has 0 fully saturated rings. The maximum atomic E-state index is 13.2. The minimum Gasteiger partial charge on any atom is -0.755 e. The van der Waals surface area contributed by atoms with E-state index < -0.39 is 11.3 Å². The Bertz CT molecular complexity index is 840. The Morgan fingerprint density at radius 3 is 2.64 bits per heavy atom. The van der Waals surface area contributed by atoms with Crippen molar-refractivity contribution in [2.24, 2.45) is 0 Å². The third kappa shape index (κ3) is 3.21. The molecular formula is C15H10FN2O3S-. The Kier molecular flexibility index (Phi) is 3.99. The van der Waals surface area contributed by atoms with Crippen molar-refractivity contribution in [1.82, 2.24) is 4.98 Å². The second-order valence-electron chi connectivity index (χ2n) is 4.43. The lowest BCUT2D eigenvalue weighted by molar-refractivity contribution is 0.488. The molecule has 0 radical (unpaired) electrons. The summed E-state index contributed by atoms with van der Waals surface area (Å²) < 4.78 is 42.3. The molecule has 1 unspecified atom stereocenters. The van der Waals surface area contributed by atoms with E-state index in [9.17, 15) is 13.2 Å². The highest BCUT2D eigenvalue weighted by Gasteiger charge is 2.05. The number of anilines is 1. The summed E-state index contributed by atoms with van der Waals surface area (Å²) in [5.41, 5.74) is 0.930. The molecular weight excluding hydrogens is 307 g/mol. The number of nitrogens with one attached hydrogen (secondary N) is 1. The third-order valence-electron chi connectivity index (χ3n) is 2.95. The van der Waals surface area contributed by atoms with Gasteiger partial charge in [-0.3, -0.25) is 9.19 Å². The summed E-state index contributed by atoms with van der Waals surface area (Å²) >= 11 is -2.37. The van der Waals surface area contributed by atoms with E-state index in [1.54, 1.807) is 36.4 Å². The van der Waals surface area contributed by atoms with Crippen molar-refractivity contribution < 1.29 is 17.9 Å². The molecule has 3 rings (SSSR count). The smallest absolute Gasteiger partial charge is 0.138 e. The molecule has 5 nitrogen and oxygen atoms in total. The van der Waals surface area contributed by atoms with Gasteiger partial charge in [0.15, 0.2) is 0 Å². The van der Waals surface area contributed by atoms with Gasteiger partial charge < -0.3 is 14.0 Å². The number of rotatable bonds is 4. The lowest BCUT2D eigenvalue weighted by atomic mass is 10.2. The standard InChI is InChI=1S/C15H11FN2O3S/c16-10-1-6-13-14(9-10)17-8-7-15(13)21-12-4-2-11(3-5-12)18-22(19)20/h1-9,18H,(H,19,20)/p-1. The van der Waals surface area contributed by atoms with Crippen LogP contribution in [0.4, 0.5) is 10.1 Å². The molecule has 1 atom stereocenters. The summed E-state index contributed by atoms with van der Waals surface area (Å²) in [5.74, 6) is 0.704. The van der Waals surface area contributed by atoms with E-state index in [1.807, 2.05) is 0 Å². The Balaban J connectivity index is 1.88. The summed E-state index contributed by atoms with van der Waals surface area (Å²) in [6.07, 6.45) is 1.54. The van der Waals surface area contributed by atoms with E-state index in [-0.39, 0.29) is 5.82 Å². The Morgan fingerprint density at radius 2 is 1.91 bits per heavy atom. The van der Waals surface area contributed by atoms with Gasteiger partial charge in [0.05, 0.1) is 5.52 Å². The molecule has 7 heteroatoms. The minimum absolute atomic E-state index is 0.363. The first kappa shape index (κ1) is 14.4. The van der Waals surface area contributed by atoms with Crippen LogP contribution in [0, 0.1) is 5.82 Å². The maximum absolute atomic E-state index is 13.2. The van der Waals surface area contributed by atoms with Crippen LogP contribution in [0.15, 0.2) is 54.7 Å². The van der Waals surface area contributed by atoms with Crippen molar-refractivity contribution in [1.29, 1.82) is 0 Å². The largest absolute Gasteiger partial charge is 0.755 e. The Labute approximate surface area is 128 Å². The molecule has 0 spiro atoms. The van der Waals surface area contributed by atoms with Crippen molar-refractivity contribution in [3.63, 3.8) is 0 Å². The zero-order valence-corrected chi connectivity index (χ0v) is 12.0. The predicted molar refractivity (Wildman–Crippen MR) is 80.8 cm³/mol. The van der Waals surface area contributed by atoms with Crippen LogP contribution in [0.25, 0.3) is 10.9 Å². The molecule has 1 N–H and O–H groups in total. The van der Waals surface area contributed by atoms with Gasteiger partial charge in [-0.25, -0.2) is 4.39 Å². The lowest BCUT2D eigenvalue weighted by Crippen LogP contribution is -2.01. The highest BCUT2D eigenvalue weighted by atomic mass is 32.2. The van der Waals surface area contributed by atoms with E-state index in [2.05, 4.69) is 9.71 Å². The van der Waals surface area contributed by atoms with Gasteiger partial charge in [0.2, 0.25) is 0 Å². The number of ether oxygens (including phenoxy) is 1. The quantitative estimate of drug-likeness (QED) is 0.749. The summed E-state index contributed by atoms with van der Waals surface area (Å²) in [6.45, 7) is 0. The maximum Gasteiger partial charge on any atom is 0.138 e. The van der Waals surface area contributed by atoms with E-state index in [0.29, 0.717) is 28.1 Å². The molecule has 22 heavy (non-hydrogen) atoms. The topological polar surface area (TPSA) is 74.3 Å². The molecule has 1 heterocycles. The van der Waals surface area contributed by atoms with E-state index in [4.69, 9.17) is 4.74 Å². The normalized spacial score (nSPS) is 12.1. The fraction of sp³-hybridized carbons (Fsp3) is 0. The molecule has 0 saturated carbocycles. The first-order valence-electron chi connectivity index (χ1n) is 6.30. The van der Waals surface area contributed by atoms with Crippen LogP contribution in [-0.2, 0) is 11.3 Å². The van der Waals surface area contributed by atoms with Crippen molar-refractivity contribution in [2.75, 3.05) is 4.72 Å². The molecule has 3 aromatic rings. The number of pyridine rings is 1. The zero-order valence-electron chi connectivity index (χ0n) is 11.2. The predicted octanol–water partition coefficient (Wildman–Crippen LogP) is 3.37. The summed E-state index contributed by atoms with van der Waals surface area (Å²) in [4.78, 5) is 4.09. The fourth-order valence-corrected chi connectivity index (χ4v) is 2.33. The molecule has 0 aliphatic carbocycles. The molecule has 0 saturated heterocycles. The molecule has 2 aromatic carbocycles. The second kappa shape index (κ2) is 6.08. The Morgan fingerprint density at radius 1 is 1.14 bits per heavy atom. The second-order valence-corrected chi connectivity index (χ2v) is 5.11. The number of nitrogens with zero attached hydrogens (tertiary/aromatic N) is 1. The minimum atomic E-state index is -2.37. The fourth-order valence-electron chi connectivity index (χ4n) is 2.00. The lowest BCUT2D eigenvalue weighted by Gasteiger charge is -2.11. The summed E-state index contributed by atoms with van der Waals surface area (Å²) in [5, 5.41) is 0.687. The van der Waals surface area contributed by atoms with Crippen LogP contribution in [0.1, 0.15) is 0 Å². The number of halogens is 1. The average molecular weight is 317 g/mol. The molecule has 0 aliphatic rings. The van der Waals surface area contributed by atoms with Gasteiger partial charge in [-0.2, -0.15) is 0 Å². The van der Waals surface area contributed by atoms with Crippen molar-refractivity contribution in [3.8, 4) is 11.5 Å². The first-order valence-corrected chi connectivity index (χ1v) is 7.37. The number of benzene rings is 2. The number of aromatic nitrogens is 1. The molecule has 0 aliphatic heterocycles. The van der Waals surface area contributed by atoms with Crippen LogP contribution in [0.5, 0.6) is 11.5 Å². The van der Waals surface area contributed by atoms with E-state index in [1.165, 1.54) is 18.3 Å². The highest BCUT2D eigenvalue weighted by molar-refractivity contribution is 7.80. The van der Waals surface area contributed by atoms with Crippen LogP contribution in [0.3, 0.4) is 0 Å². The monoisotopic (exact) mass is 317 g/mol. The van der Waals surface area contributed by atoms with Gasteiger partial charge in [-0.15, -0.1) is 0 Å². The summed E-state index contributed by atoms with van der Waals surface area (Å²) in [6, 6.07) is 12.4. The number of fused-ring (bicyclic) bond motifs is 1. The average Bonchev–Trinajstić information content (AvgIpc) is 2.48. The molecule has 112 valence electrons. The molecule has 0 bridgehead atoms. The van der Waals surface area contributed by atoms with Crippen molar-refractivity contribution >= 4 is 27.9 Å². The van der Waals surface area contributed by atoms with E-state index in [0.717, 1.165) is 0 Å². The van der Waals surface area contributed by atoms with Gasteiger partial charge in [-0.1, -0.05) is 0 Å². The Hall–Kier alpha value is -2.51. The zero-order chi connectivity index (χ0) is 15.5. The van der Waals surface area contributed by atoms with Gasteiger partial charge in [0.1, 0.15) is 17.3 Å². The van der Waals surface area contributed by atoms with Gasteiger partial charge in [0.25, 0.3) is 0 Å². The third-order valence-corrected chi connectivity index (χ3v) is 3.35. The summed E-state index contributed by atoms with van der Waals surface area (Å²) in [7, 11) is 0. The van der Waals surface area contributed by atoms with Gasteiger partial charge in [0, 0.05) is 34.6 Å². The van der Waals surface area contributed by atoms with E-state index >= 15 is 0 Å². The number of hydrogen-bond acceptors (Lipinski definition) is 4. The van der Waals surface area contributed by atoms with Crippen LogP contribution in [-0.4, -0.2) is 13.7 Å². The van der Waals surface area contributed by atoms with Gasteiger partial charge >= 0.3 is 0 Å². The van der Waals surface area contributed by atoms with Crippen molar-refractivity contribution in [2.45, 2.75) is 0 Å². The first-order chi connectivity index (χ1) is 10.6. The van der Waals surface area contributed by atoms with Crippen LogP contribution >= 0.6 is 0 Å². The SMILES string of the molecule is O=S([O-])Nc1ccc(Oc2ccnc3cc(F)ccc23)cc1. The number of hydrogen-bond donors (Lipinski definition) is 1. The molecule has 1 aromatic heterocycles.